The summed E-state index contributed by atoms with van der Waals surface area (Å²) in [7, 11) is 0. The maximum atomic E-state index is 12.3. The molecule has 146 valence electrons. The largest absolute Gasteiger partial charge is 0.481 e. The Morgan fingerprint density at radius 2 is 1.96 bits per heavy atom. The highest BCUT2D eigenvalue weighted by molar-refractivity contribution is 5.74. The minimum Gasteiger partial charge on any atom is -0.481 e. The zero-order valence-corrected chi connectivity index (χ0v) is 15.9. The van der Waals surface area contributed by atoms with Crippen molar-refractivity contribution < 1.29 is 14.7 Å². The third kappa shape index (κ3) is 7.52. The molecule has 3 N–H and O–H groups in total. The Morgan fingerprint density at radius 1 is 1.22 bits per heavy atom. The van der Waals surface area contributed by atoms with Gasteiger partial charge in [-0.3, -0.25) is 4.79 Å². The Bertz CT molecular complexity index is 728. The zero-order valence-electron chi connectivity index (χ0n) is 15.9. The van der Waals surface area contributed by atoms with Crippen molar-refractivity contribution >= 4 is 12.0 Å². The molecule has 2 rings (SSSR count). The van der Waals surface area contributed by atoms with E-state index in [1.54, 1.807) is 6.20 Å². The Balaban J connectivity index is 1.90. The fraction of sp³-hybridized carbons (Fsp3) is 0.450. The van der Waals surface area contributed by atoms with Crippen molar-refractivity contribution in [3.8, 4) is 0 Å². The van der Waals surface area contributed by atoms with Crippen LogP contribution in [0.1, 0.15) is 38.1 Å². The van der Waals surface area contributed by atoms with Gasteiger partial charge in [-0.2, -0.15) is 0 Å². The van der Waals surface area contributed by atoms with Gasteiger partial charge in [0.2, 0.25) is 0 Å². The lowest BCUT2D eigenvalue weighted by molar-refractivity contribution is -0.137. The third-order valence-corrected chi connectivity index (χ3v) is 4.14. The van der Waals surface area contributed by atoms with E-state index in [1.165, 1.54) is 0 Å². The SMILES string of the molecule is CC(C)Cn1ccnc1CNC(=O)NC(CCC(=O)O)Cc1ccccc1. The van der Waals surface area contributed by atoms with Gasteiger partial charge in [-0.25, -0.2) is 9.78 Å². The molecule has 0 spiro atoms. The van der Waals surface area contributed by atoms with E-state index >= 15 is 0 Å². The summed E-state index contributed by atoms with van der Waals surface area (Å²) >= 11 is 0. The minimum absolute atomic E-state index is 0.0105. The number of imidazole rings is 1. The highest BCUT2D eigenvalue weighted by atomic mass is 16.4. The summed E-state index contributed by atoms with van der Waals surface area (Å²) < 4.78 is 2.02. The first kappa shape index (κ1) is 20.5. The zero-order chi connectivity index (χ0) is 19.6. The second kappa shape index (κ2) is 10.4. The van der Waals surface area contributed by atoms with E-state index in [0.717, 1.165) is 17.9 Å². The molecule has 1 aromatic heterocycles. The summed E-state index contributed by atoms with van der Waals surface area (Å²) in [6, 6.07) is 9.15. The molecule has 0 aliphatic rings. The Labute approximate surface area is 159 Å². The lowest BCUT2D eigenvalue weighted by Crippen LogP contribution is -2.43. The topological polar surface area (TPSA) is 96.3 Å². The van der Waals surface area contributed by atoms with Gasteiger partial charge >= 0.3 is 12.0 Å². The molecule has 2 amide bonds. The Morgan fingerprint density at radius 3 is 2.63 bits per heavy atom. The second-order valence-electron chi connectivity index (χ2n) is 7.04. The van der Waals surface area contributed by atoms with E-state index in [2.05, 4.69) is 29.5 Å². The van der Waals surface area contributed by atoms with Crippen LogP contribution in [0.25, 0.3) is 0 Å². The third-order valence-electron chi connectivity index (χ3n) is 4.14. The number of aromatic nitrogens is 2. The second-order valence-corrected chi connectivity index (χ2v) is 7.04. The maximum absolute atomic E-state index is 12.3. The number of carboxylic acid groups (broad SMARTS) is 1. The number of nitrogens with one attached hydrogen (secondary N) is 2. The summed E-state index contributed by atoms with van der Waals surface area (Å²) in [6.07, 6.45) is 4.60. The number of carbonyl (C=O) groups excluding carboxylic acids is 1. The number of rotatable bonds is 10. The molecule has 7 nitrogen and oxygen atoms in total. The first-order chi connectivity index (χ1) is 12.9. The highest BCUT2D eigenvalue weighted by Gasteiger charge is 2.15. The molecular weight excluding hydrogens is 344 g/mol. The average molecular weight is 372 g/mol. The predicted molar refractivity (Wildman–Crippen MR) is 103 cm³/mol. The summed E-state index contributed by atoms with van der Waals surface area (Å²) in [4.78, 5) is 27.5. The molecule has 7 heteroatoms. The summed E-state index contributed by atoms with van der Waals surface area (Å²) in [5, 5.41) is 14.7. The number of carboxylic acids is 1. The van der Waals surface area contributed by atoms with Crippen LogP contribution in [0, 0.1) is 5.92 Å². The Kier molecular flexibility index (Phi) is 7.85. The molecule has 0 aliphatic heterocycles. The van der Waals surface area contributed by atoms with Crippen LogP contribution in [0.15, 0.2) is 42.7 Å². The van der Waals surface area contributed by atoms with E-state index in [0.29, 0.717) is 25.3 Å². The molecule has 0 saturated heterocycles. The fourth-order valence-electron chi connectivity index (χ4n) is 2.88. The number of amides is 2. The lowest BCUT2D eigenvalue weighted by Gasteiger charge is -2.19. The lowest BCUT2D eigenvalue weighted by atomic mass is 10.0. The quantitative estimate of drug-likeness (QED) is 0.597. The fourth-order valence-corrected chi connectivity index (χ4v) is 2.88. The number of hydrogen-bond acceptors (Lipinski definition) is 3. The number of benzene rings is 1. The molecule has 0 fully saturated rings. The molecule has 0 aliphatic carbocycles. The van der Waals surface area contributed by atoms with Gasteiger partial charge in [-0.1, -0.05) is 44.2 Å². The normalized spacial score (nSPS) is 12.0. The Hall–Kier alpha value is -2.83. The minimum atomic E-state index is -0.869. The van der Waals surface area contributed by atoms with Gasteiger partial charge in [0.05, 0.1) is 6.54 Å². The van der Waals surface area contributed by atoms with Gasteiger partial charge in [-0.15, -0.1) is 0 Å². The summed E-state index contributed by atoms with van der Waals surface area (Å²) in [5.74, 6) is 0.410. The van der Waals surface area contributed by atoms with Crippen LogP contribution in [-0.4, -0.2) is 32.7 Å². The summed E-state index contributed by atoms with van der Waals surface area (Å²) in [6.45, 7) is 5.41. The van der Waals surface area contributed by atoms with E-state index in [1.807, 2.05) is 41.1 Å². The van der Waals surface area contributed by atoms with Crippen LogP contribution in [-0.2, 0) is 24.3 Å². The number of hydrogen-bond donors (Lipinski definition) is 3. The molecule has 1 heterocycles. The van der Waals surface area contributed by atoms with Crippen molar-refractivity contribution in [2.75, 3.05) is 0 Å². The molecule has 0 saturated carbocycles. The molecule has 2 aromatic rings. The van der Waals surface area contributed by atoms with Crippen molar-refractivity contribution in [3.63, 3.8) is 0 Å². The van der Waals surface area contributed by atoms with Crippen molar-refractivity contribution in [1.29, 1.82) is 0 Å². The van der Waals surface area contributed by atoms with Gasteiger partial charge < -0.3 is 20.3 Å². The van der Waals surface area contributed by atoms with Crippen molar-refractivity contribution in [3.05, 3.63) is 54.1 Å². The standard InChI is InChI=1S/C20H28N4O3/c1-15(2)14-24-11-10-21-18(24)13-22-20(27)23-17(8-9-19(25)26)12-16-6-4-3-5-7-16/h3-7,10-11,15,17H,8-9,12-14H2,1-2H3,(H,25,26)(H2,22,23,27). The number of carbonyl (C=O) groups is 2. The first-order valence-electron chi connectivity index (χ1n) is 9.24. The van der Waals surface area contributed by atoms with Gasteiger partial charge in [0, 0.05) is 31.4 Å². The van der Waals surface area contributed by atoms with Crippen molar-refractivity contribution in [2.24, 2.45) is 5.92 Å². The van der Waals surface area contributed by atoms with Gasteiger partial charge in [-0.05, 0) is 24.3 Å². The molecule has 1 atom stereocenters. The highest BCUT2D eigenvalue weighted by Crippen LogP contribution is 2.08. The van der Waals surface area contributed by atoms with Crippen molar-refractivity contribution in [2.45, 2.75) is 52.2 Å². The van der Waals surface area contributed by atoms with Crippen molar-refractivity contribution in [1.82, 2.24) is 20.2 Å². The van der Waals surface area contributed by atoms with E-state index in [9.17, 15) is 9.59 Å². The average Bonchev–Trinajstić information content (AvgIpc) is 3.05. The molecule has 1 aromatic carbocycles. The van der Waals surface area contributed by atoms with Gasteiger partial charge in [0.1, 0.15) is 5.82 Å². The van der Waals surface area contributed by atoms with Gasteiger partial charge in [0.15, 0.2) is 0 Å². The van der Waals surface area contributed by atoms with Crippen LogP contribution < -0.4 is 10.6 Å². The monoisotopic (exact) mass is 372 g/mol. The molecule has 1 unspecified atom stereocenters. The molecular formula is C20H28N4O3. The smallest absolute Gasteiger partial charge is 0.315 e. The van der Waals surface area contributed by atoms with Crippen LogP contribution in [0.3, 0.4) is 0 Å². The number of aliphatic carboxylic acids is 1. The molecule has 27 heavy (non-hydrogen) atoms. The van der Waals surface area contributed by atoms with Gasteiger partial charge in [0.25, 0.3) is 0 Å². The molecule has 0 bridgehead atoms. The van der Waals surface area contributed by atoms with Crippen LogP contribution >= 0.6 is 0 Å². The van der Waals surface area contributed by atoms with Crippen LogP contribution in [0.5, 0.6) is 0 Å². The first-order valence-corrected chi connectivity index (χ1v) is 9.24. The number of nitrogens with zero attached hydrogens (tertiary/aromatic N) is 2. The maximum Gasteiger partial charge on any atom is 0.315 e. The van der Waals surface area contributed by atoms with Crippen LogP contribution in [0.4, 0.5) is 4.79 Å². The predicted octanol–water partition coefficient (Wildman–Crippen LogP) is 2.81. The van der Waals surface area contributed by atoms with E-state index in [4.69, 9.17) is 5.11 Å². The van der Waals surface area contributed by atoms with E-state index < -0.39 is 5.97 Å². The van der Waals surface area contributed by atoms with E-state index in [-0.39, 0.29) is 18.5 Å². The molecule has 0 radical (unpaired) electrons. The van der Waals surface area contributed by atoms with Crippen LogP contribution in [0.2, 0.25) is 0 Å². The number of urea groups is 1. The summed E-state index contributed by atoms with van der Waals surface area (Å²) in [5.41, 5.74) is 1.06.